The van der Waals surface area contributed by atoms with Crippen molar-refractivity contribution in [3.8, 4) is 5.75 Å². The zero-order valence-corrected chi connectivity index (χ0v) is 11.7. The van der Waals surface area contributed by atoms with Crippen molar-refractivity contribution in [2.75, 3.05) is 19.6 Å². The van der Waals surface area contributed by atoms with Crippen molar-refractivity contribution in [3.63, 3.8) is 0 Å². The second-order valence-corrected chi connectivity index (χ2v) is 5.78. The monoisotopic (exact) mass is 300 g/mol. The molecule has 4 rings (SSSR count). The SMILES string of the molecule is FC(F)(F)Oc1ccccc1CNC1CN2CCC1CC2. The van der Waals surface area contributed by atoms with Gasteiger partial charge in [0.25, 0.3) is 0 Å². The highest BCUT2D eigenvalue weighted by molar-refractivity contribution is 5.33. The van der Waals surface area contributed by atoms with Crippen LogP contribution in [-0.4, -0.2) is 36.9 Å². The molecule has 3 heterocycles. The Hall–Kier alpha value is -1.27. The van der Waals surface area contributed by atoms with E-state index in [1.807, 2.05) is 0 Å². The van der Waals surface area contributed by atoms with Gasteiger partial charge in [-0.3, -0.25) is 0 Å². The number of hydrogen-bond acceptors (Lipinski definition) is 3. The average molecular weight is 300 g/mol. The van der Waals surface area contributed by atoms with Gasteiger partial charge in [0.1, 0.15) is 5.75 Å². The molecule has 1 aromatic carbocycles. The number of ether oxygens (including phenoxy) is 1. The number of para-hydroxylation sites is 1. The molecule has 1 N–H and O–H groups in total. The zero-order valence-electron chi connectivity index (χ0n) is 11.7. The van der Waals surface area contributed by atoms with Gasteiger partial charge in [-0.25, -0.2) is 0 Å². The molecule has 0 saturated carbocycles. The van der Waals surface area contributed by atoms with E-state index in [-0.39, 0.29) is 5.75 Å². The van der Waals surface area contributed by atoms with Crippen LogP contribution in [0.5, 0.6) is 5.75 Å². The topological polar surface area (TPSA) is 24.5 Å². The Kier molecular flexibility index (Phi) is 4.08. The van der Waals surface area contributed by atoms with Crippen molar-refractivity contribution in [1.29, 1.82) is 0 Å². The first kappa shape index (κ1) is 14.7. The van der Waals surface area contributed by atoms with Crippen LogP contribution in [0.3, 0.4) is 0 Å². The molecule has 0 aromatic heterocycles. The summed E-state index contributed by atoms with van der Waals surface area (Å²) in [6, 6.07) is 6.69. The number of fused-ring (bicyclic) bond motifs is 3. The van der Waals surface area contributed by atoms with Gasteiger partial charge in [0, 0.05) is 24.7 Å². The third kappa shape index (κ3) is 3.68. The van der Waals surface area contributed by atoms with E-state index in [1.165, 1.54) is 18.9 Å². The van der Waals surface area contributed by atoms with Crippen molar-refractivity contribution in [2.45, 2.75) is 31.8 Å². The number of rotatable bonds is 4. The summed E-state index contributed by atoms with van der Waals surface area (Å²) in [5.74, 6) is 0.532. The van der Waals surface area contributed by atoms with Gasteiger partial charge in [0.15, 0.2) is 0 Å². The summed E-state index contributed by atoms with van der Waals surface area (Å²) < 4.78 is 41.3. The highest BCUT2D eigenvalue weighted by Gasteiger charge is 2.34. The van der Waals surface area contributed by atoms with Crippen LogP contribution in [0.25, 0.3) is 0 Å². The fourth-order valence-corrected chi connectivity index (χ4v) is 3.31. The molecule has 2 bridgehead atoms. The summed E-state index contributed by atoms with van der Waals surface area (Å²) in [6.45, 7) is 3.70. The standard InChI is InChI=1S/C15H19F3N2O/c16-15(17,18)21-14-4-2-1-3-12(14)9-19-13-10-20-7-5-11(13)6-8-20/h1-4,11,13,19H,5-10H2. The third-order valence-corrected chi connectivity index (χ3v) is 4.41. The van der Waals surface area contributed by atoms with E-state index in [0.717, 1.165) is 19.6 Å². The molecule has 116 valence electrons. The minimum absolute atomic E-state index is 0.112. The predicted octanol–water partition coefficient (Wildman–Crippen LogP) is 2.77. The maximum Gasteiger partial charge on any atom is 0.573 e. The third-order valence-electron chi connectivity index (χ3n) is 4.41. The Bertz CT molecular complexity index is 484. The fraction of sp³-hybridized carbons (Fsp3) is 0.600. The maximum atomic E-state index is 12.4. The van der Waals surface area contributed by atoms with Gasteiger partial charge < -0.3 is 15.0 Å². The van der Waals surface area contributed by atoms with Crippen molar-refractivity contribution in [1.82, 2.24) is 10.2 Å². The molecule has 3 aliphatic rings. The van der Waals surface area contributed by atoms with Gasteiger partial charge in [-0.1, -0.05) is 18.2 Å². The van der Waals surface area contributed by atoms with E-state index in [0.29, 0.717) is 24.1 Å². The molecule has 1 unspecified atom stereocenters. The Morgan fingerprint density at radius 1 is 1.19 bits per heavy atom. The van der Waals surface area contributed by atoms with Crippen LogP contribution in [0, 0.1) is 5.92 Å². The second kappa shape index (κ2) is 5.85. The molecule has 0 spiro atoms. The lowest BCUT2D eigenvalue weighted by Crippen LogP contribution is -2.55. The van der Waals surface area contributed by atoms with Crippen molar-refractivity contribution >= 4 is 0 Å². The maximum absolute atomic E-state index is 12.4. The Morgan fingerprint density at radius 3 is 2.52 bits per heavy atom. The van der Waals surface area contributed by atoms with E-state index in [1.54, 1.807) is 18.2 Å². The summed E-state index contributed by atoms with van der Waals surface area (Å²) >= 11 is 0. The van der Waals surface area contributed by atoms with Crippen LogP contribution in [0.2, 0.25) is 0 Å². The first-order chi connectivity index (χ1) is 10.0. The van der Waals surface area contributed by atoms with E-state index < -0.39 is 6.36 Å². The minimum atomic E-state index is -4.65. The van der Waals surface area contributed by atoms with E-state index in [4.69, 9.17) is 0 Å². The second-order valence-electron chi connectivity index (χ2n) is 5.78. The van der Waals surface area contributed by atoms with Crippen LogP contribution in [-0.2, 0) is 6.54 Å². The number of nitrogens with one attached hydrogen (secondary N) is 1. The lowest BCUT2D eigenvalue weighted by molar-refractivity contribution is -0.274. The van der Waals surface area contributed by atoms with Gasteiger partial charge in [-0.15, -0.1) is 13.2 Å². The molecular formula is C15H19F3N2O. The first-order valence-electron chi connectivity index (χ1n) is 7.31. The summed E-state index contributed by atoms with van der Waals surface area (Å²) in [5, 5.41) is 3.41. The average Bonchev–Trinajstić information content (AvgIpc) is 2.46. The van der Waals surface area contributed by atoms with Crippen LogP contribution >= 0.6 is 0 Å². The molecule has 3 nitrogen and oxygen atoms in total. The molecule has 21 heavy (non-hydrogen) atoms. The minimum Gasteiger partial charge on any atom is -0.405 e. The summed E-state index contributed by atoms with van der Waals surface area (Å²) in [7, 11) is 0. The lowest BCUT2D eigenvalue weighted by Gasteiger charge is -2.45. The summed E-state index contributed by atoms with van der Waals surface area (Å²) in [5.41, 5.74) is 0.547. The normalized spacial score (nSPS) is 28.6. The van der Waals surface area contributed by atoms with Gasteiger partial charge in [-0.2, -0.15) is 0 Å². The first-order valence-corrected chi connectivity index (χ1v) is 7.31. The molecule has 1 aromatic rings. The molecule has 0 amide bonds. The number of nitrogens with zero attached hydrogens (tertiary/aromatic N) is 1. The molecular weight excluding hydrogens is 281 g/mol. The highest BCUT2D eigenvalue weighted by atomic mass is 19.4. The number of alkyl halides is 3. The zero-order chi connectivity index (χ0) is 14.9. The number of piperidine rings is 3. The van der Waals surface area contributed by atoms with Gasteiger partial charge in [0.2, 0.25) is 0 Å². The molecule has 6 heteroatoms. The smallest absolute Gasteiger partial charge is 0.405 e. The lowest BCUT2D eigenvalue weighted by atomic mass is 9.84. The number of benzene rings is 1. The van der Waals surface area contributed by atoms with Crippen LogP contribution in [0.1, 0.15) is 18.4 Å². The Morgan fingerprint density at radius 2 is 1.90 bits per heavy atom. The quantitative estimate of drug-likeness (QED) is 0.925. The van der Waals surface area contributed by atoms with Crippen molar-refractivity contribution < 1.29 is 17.9 Å². The number of halogens is 3. The van der Waals surface area contributed by atoms with Crippen molar-refractivity contribution in [2.24, 2.45) is 5.92 Å². The van der Waals surface area contributed by atoms with Crippen LogP contribution in [0.4, 0.5) is 13.2 Å². The van der Waals surface area contributed by atoms with Crippen LogP contribution < -0.4 is 10.1 Å². The molecule has 1 atom stereocenters. The van der Waals surface area contributed by atoms with Crippen LogP contribution in [0.15, 0.2) is 24.3 Å². The largest absolute Gasteiger partial charge is 0.573 e. The molecule has 3 fully saturated rings. The molecule has 3 aliphatic heterocycles. The van der Waals surface area contributed by atoms with E-state index >= 15 is 0 Å². The number of hydrogen-bond donors (Lipinski definition) is 1. The van der Waals surface area contributed by atoms with Gasteiger partial charge in [0.05, 0.1) is 0 Å². The van der Waals surface area contributed by atoms with Gasteiger partial charge in [-0.05, 0) is 37.9 Å². The Balaban J connectivity index is 1.63. The summed E-state index contributed by atoms with van der Waals surface area (Å²) in [6.07, 6.45) is -2.29. The summed E-state index contributed by atoms with van der Waals surface area (Å²) in [4.78, 5) is 2.41. The van der Waals surface area contributed by atoms with E-state index in [9.17, 15) is 13.2 Å². The van der Waals surface area contributed by atoms with Crippen molar-refractivity contribution in [3.05, 3.63) is 29.8 Å². The highest BCUT2D eigenvalue weighted by Crippen LogP contribution is 2.29. The molecule has 3 saturated heterocycles. The van der Waals surface area contributed by atoms with Gasteiger partial charge >= 0.3 is 6.36 Å². The Labute approximate surface area is 122 Å². The van der Waals surface area contributed by atoms with E-state index in [2.05, 4.69) is 15.0 Å². The molecule has 0 radical (unpaired) electrons. The molecule has 0 aliphatic carbocycles. The fourth-order valence-electron chi connectivity index (χ4n) is 3.31. The predicted molar refractivity (Wildman–Crippen MR) is 72.9 cm³/mol.